The molecule has 2 N–H and O–H groups in total. The number of nitrogens with zero attached hydrogens (tertiary/aromatic N) is 1. The van der Waals surface area contributed by atoms with Crippen molar-refractivity contribution in [1.29, 1.82) is 0 Å². The number of hydrogen-bond donors (Lipinski definition) is 2. The molecule has 0 bridgehead atoms. The van der Waals surface area contributed by atoms with Gasteiger partial charge < -0.3 is 19.9 Å². The summed E-state index contributed by atoms with van der Waals surface area (Å²) < 4.78 is 50.1. The Kier molecular flexibility index (Phi) is 7.94. The number of ether oxygens (including phenoxy) is 2. The molecule has 0 saturated carbocycles. The third-order valence-corrected chi connectivity index (χ3v) is 5.38. The Morgan fingerprint density at radius 2 is 1.71 bits per heavy atom. The number of nitrogens with one attached hydrogen (secondary N) is 1. The molecule has 3 aromatic rings. The molecule has 0 fully saturated rings. The second-order valence-corrected chi connectivity index (χ2v) is 8.76. The zero-order chi connectivity index (χ0) is 28.3. The lowest BCUT2D eigenvalue weighted by Crippen LogP contribution is -2.38. The molecule has 12 heteroatoms. The van der Waals surface area contributed by atoms with Gasteiger partial charge in [0.05, 0.1) is 10.5 Å². The summed E-state index contributed by atoms with van der Waals surface area (Å²) in [5, 5.41) is 23.0. The van der Waals surface area contributed by atoms with Crippen LogP contribution in [-0.2, 0) is 17.5 Å². The quantitative estimate of drug-likeness (QED) is 0.260. The summed E-state index contributed by atoms with van der Waals surface area (Å²) in [5.74, 6) is -0.819. The van der Waals surface area contributed by atoms with Gasteiger partial charge in [0.15, 0.2) is 5.60 Å². The van der Waals surface area contributed by atoms with Gasteiger partial charge >= 0.3 is 12.1 Å². The van der Waals surface area contributed by atoms with Crippen molar-refractivity contribution >= 4 is 17.6 Å². The highest BCUT2D eigenvalue weighted by Gasteiger charge is 2.34. The summed E-state index contributed by atoms with van der Waals surface area (Å²) in [4.78, 5) is 34.0. The first-order valence-corrected chi connectivity index (χ1v) is 11.1. The van der Waals surface area contributed by atoms with Crippen molar-refractivity contribution < 1.29 is 42.3 Å². The number of aryl methyl sites for hydroxylation is 1. The van der Waals surface area contributed by atoms with Crippen LogP contribution in [-0.4, -0.2) is 27.5 Å². The predicted molar refractivity (Wildman–Crippen MR) is 129 cm³/mol. The number of nitro benzene ring substituents is 1. The number of halogens is 3. The highest BCUT2D eigenvalue weighted by molar-refractivity contribution is 5.98. The van der Waals surface area contributed by atoms with Crippen LogP contribution in [0.15, 0.2) is 60.7 Å². The first kappa shape index (κ1) is 28.0. The number of aliphatic carboxylic acids is 1. The molecule has 0 heterocycles. The average Bonchev–Trinajstić information content (AvgIpc) is 2.83. The van der Waals surface area contributed by atoms with Crippen LogP contribution < -0.4 is 14.8 Å². The number of carboxylic acids is 1. The first-order valence-electron chi connectivity index (χ1n) is 11.1. The van der Waals surface area contributed by atoms with Gasteiger partial charge in [-0.15, -0.1) is 0 Å². The normalized spacial score (nSPS) is 11.5. The standard InChI is InChI=1S/C26H23F3N2O7/c1-15-11-19(8-10-22(15)38-25(2,3)24(33)34)37-18-6-4-5-16(12-18)14-30-23(32)20-9-7-17(26(27,28)29)13-21(20)31(35)36/h4-13H,14H2,1-3H3,(H,30,32)(H,33,34). The lowest BCUT2D eigenvalue weighted by Gasteiger charge is -2.23. The molecule has 0 atom stereocenters. The van der Waals surface area contributed by atoms with Crippen molar-refractivity contribution in [3.63, 3.8) is 0 Å². The molecule has 0 unspecified atom stereocenters. The maximum absolute atomic E-state index is 12.9. The zero-order valence-electron chi connectivity index (χ0n) is 20.5. The van der Waals surface area contributed by atoms with E-state index in [1.54, 1.807) is 49.4 Å². The maximum Gasteiger partial charge on any atom is 0.416 e. The molecule has 0 saturated heterocycles. The summed E-state index contributed by atoms with van der Waals surface area (Å²) in [7, 11) is 0. The van der Waals surface area contributed by atoms with Crippen LogP contribution in [0, 0.1) is 17.0 Å². The van der Waals surface area contributed by atoms with Crippen LogP contribution in [0.5, 0.6) is 17.2 Å². The van der Waals surface area contributed by atoms with Gasteiger partial charge in [0, 0.05) is 12.6 Å². The number of carboxylic acid groups (broad SMARTS) is 1. The summed E-state index contributed by atoms with van der Waals surface area (Å²) in [5.41, 5.74) is -2.91. The van der Waals surface area contributed by atoms with E-state index in [1.807, 2.05) is 0 Å². The summed E-state index contributed by atoms with van der Waals surface area (Å²) in [6.07, 6.45) is -4.79. The van der Waals surface area contributed by atoms with Gasteiger partial charge in [-0.25, -0.2) is 4.79 Å². The number of alkyl halides is 3. The molecule has 0 radical (unpaired) electrons. The fourth-order valence-electron chi connectivity index (χ4n) is 3.30. The van der Waals surface area contributed by atoms with E-state index in [2.05, 4.69) is 5.32 Å². The third-order valence-electron chi connectivity index (χ3n) is 5.38. The van der Waals surface area contributed by atoms with E-state index >= 15 is 0 Å². The predicted octanol–water partition coefficient (Wildman–Crippen LogP) is 5.89. The van der Waals surface area contributed by atoms with Gasteiger partial charge in [-0.05, 0) is 74.4 Å². The van der Waals surface area contributed by atoms with Gasteiger partial charge in [-0.1, -0.05) is 12.1 Å². The van der Waals surface area contributed by atoms with E-state index in [-0.39, 0.29) is 6.54 Å². The van der Waals surface area contributed by atoms with Crippen LogP contribution in [0.1, 0.15) is 40.9 Å². The summed E-state index contributed by atoms with van der Waals surface area (Å²) in [6.45, 7) is 4.51. The Balaban J connectivity index is 1.70. The van der Waals surface area contributed by atoms with Gasteiger partial charge in [-0.2, -0.15) is 13.2 Å². The lowest BCUT2D eigenvalue weighted by atomic mass is 10.1. The van der Waals surface area contributed by atoms with Crippen LogP contribution in [0.25, 0.3) is 0 Å². The Labute approximate surface area is 215 Å². The zero-order valence-corrected chi connectivity index (χ0v) is 20.5. The minimum atomic E-state index is -4.79. The average molecular weight is 532 g/mol. The van der Waals surface area contributed by atoms with E-state index in [1.165, 1.54) is 13.8 Å². The highest BCUT2D eigenvalue weighted by Crippen LogP contribution is 2.33. The number of hydrogen-bond acceptors (Lipinski definition) is 6. The van der Waals surface area contributed by atoms with E-state index in [0.717, 1.165) is 6.07 Å². The molecular weight excluding hydrogens is 509 g/mol. The summed E-state index contributed by atoms with van der Waals surface area (Å²) >= 11 is 0. The number of carbonyl (C=O) groups is 2. The Bertz CT molecular complexity index is 1390. The van der Waals surface area contributed by atoms with Crippen LogP contribution in [0.2, 0.25) is 0 Å². The Hall–Kier alpha value is -4.61. The number of benzene rings is 3. The van der Waals surface area contributed by atoms with Crippen molar-refractivity contribution in [2.24, 2.45) is 0 Å². The monoisotopic (exact) mass is 532 g/mol. The molecule has 0 aliphatic heterocycles. The van der Waals surface area contributed by atoms with Gasteiger partial charge in [0.25, 0.3) is 11.6 Å². The van der Waals surface area contributed by atoms with E-state index in [9.17, 15) is 38.0 Å². The fraction of sp³-hybridized carbons (Fsp3) is 0.231. The Morgan fingerprint density at radius 3 is 2.32 bits per heavy atom. The molecule has 1 amide bonds. The van der Waals surface area contributed by atoms with Gasteiger partial charge in [-0.3, -0.25) is 14.9 Å². The lowest BCUT2D eigenvalue weighted by molar-refractivity contribution is -0.385. The molecule has 0 aromatic heterocycles. The largest absolute Gasteiger partial charge is 0.478 e. The fourth-order valence-corrected chi connectivity index (χ4v) is 3.30. The minimum absolute atomic E-state index is 0.0791. The smallest absolute Gasteiger partial charge is 0.416 e. The van der Waals surface area contributed by atoms with Gasteiger partial charge in [0.2, 0.25) is 0 Å². The van der Waals surface area contributed by atoms with Crippen molar-refractivity contribution in [2.75, 3.05) is 0 Å². The van der Waals surface area contributed by atoms with Crippen LogP contribution in [0.3, 0.4) is 0 Å². The molecule has 3 rings (SSSR count). The second-order valence-electron chi connectivity index (χ2n) is 8.76. The highest BCUT2D eigenvalue weighted by atomic mass is 19.4. The Morgan fingerprint density at radius 1 is 1.03 bits per heavy atom. The molecule has 0 aliphatic rings. The molecule has 0 spiro atoms. The number of amides is 1. The molecule has 9 nitrogen and oxygen atoms in total. The SMILES string of the molecule is Cc1cc(Oc2cccc(CNC(=O)c3ccc(C(F)(F)F)cc3[N+](=O)[O-])c2)ccc1OC(C)(C)C(=O)O. The molecule has 3 aromatic carbocycles. The first-order chi connectivity index (χ1) is 17.7. The van der Waals surface area contributed by atoms with Crippen molar-refractivity contribution in [2.45, 2.75) is 39.1 Å². The van der Waals surface area contributed by atoms with E-state index in [0.29, 0.717) is 40.5 Å². The number of rotatable bonds is 9. The van der Waals surface area contributed by atoms with Gasteiger partial charge in [0.1, 0.15) is 22.8 Å². The third kappa shape index (κ3) is 6.78. The summed E-state index contributed by atoms with van der Waals surface area (Å²) in [6, 6.07) is 13.1. The maximum atomic E-state index is 12.9. The number of carbonyl (C=O) groups excluding carboxylic acids is 1. The number of nitro groups is 1. The molecule has 0 aliphatic carbocycles. The van der Waals surface area contributed by atoms with Crippen LogP contribution >= 0.6 is 0 Å². The van der Waals surface area contributed by atoms with Crippen molar-refractivity contribution in [1.82, 2.24) is 5.32 Å². The van der Waals surface area contributed by atoms with E-state index < -0.39 is 45.4 Å². The topological polar surface area (TPSA) is 128 Å². The minimum Gasteiger partial charge on any atom is -0.478 e. The van der Waals surface area contributed by atoms with E-state index in [4.69, 9.17) is 9.47 Å². The van der Waals surface area contributed by atoms with Crippen LogP contribution in [0.4, 0.5) is 18.9 Å². The molecule has 200 valence electrons. The second kappa shape index (κ2) is 10.8. The van der Waals surface area contributed by atoms with Crippen molar-refractivity contribution in [3.05, 3.63) is 93.0 Å². The molecule has 38 heavy (non-hydrogen) atoms. The van der Waals surface area contributed by atoms with Crippen molar-refractivity contribution in [3.8, 4) is 17.2 Å². The molecular formula is C26H23F3N2O7.